The third-order valence-corrected chi connectivity index (χ3v) is 3.34. The maximum Gasteiger partial charge on any atom is 0.270 e. The van der Waals surface area contributed by atoms with E-state index in [1.165, 1.54) is 18.2 Å². The van der Waals surface area contributed by atoms with Crippen LogP contribution in [-0.4, -0.2) is 9.91 Å². The molecule has 1 aromatic heterocycles. The van der Waals surface area contributed by atoms with Gasteiger partial charge in [0.2, 0.25) is 5.89 Å². The summed E-state index contributed by atoms with van der Waals surface area (Å²) in [6, 6.07) is 7.57. The standard InChI is InChI=1S/C14H10ClN3O3/c1-7-4-8(15)5-12-13(7)21-14(17-12)10-6-9(18(19)20)2-3-11(10)16/h2-6H,16H2,1H3. The highest BCUT2D eigenvalue weighted by Crippen LogP contribution is 2.33. The fourth-order valence-electron chi connectivity index (χ4n) is 2.12. The Kier molecular flexibility index (Phi) is 3.03. The van der Waals surface area contributed by atoms with E-state index < -0.39 is 4.92 Å². The summed E-state index contributed by atoms with van der Waals surface area (Å²) in [6.07, 6.45) is 0. The molecule has 0 aliphatic rings. The van der Waals surface area contributed by atoms with E-state index in [9.17, 15) is 10.1 Å². The van der Waals surface area contributed by atoms with Crippen molar-refractivity contribution >= 4 is 34.1 Å². The third-order valence-electron chi connectivity index (χ3n) is 3.12. The van der Waals surface area contributed by atoms with Crippen molar-refractivity contribution in [1.82, 2.24) is 4.98 Å². The number of nitrogen functional groups attached to an aromatic ring is 1. The second-order valence-electron chi connectivity index (χ2n) is 4.62. The van der Waals surface area contributed by atoms with Crippen molar-refractivity contribution in [2.75, 3.05) is 5.73 Å². The van der Waals surface area contributed by atoms with Crippen LogP contribution >= 0.6 is 11.6 Å². The quantitative estimate of drug-likeness (QED) is 0.439. The number of anilines is 1. The molecule has 2 N–H and O–H groups in total. The van der Waals surface area contributed by atoms with E-state index in [1.54, 1.807) is 12.1 Å². The first-order valence-electron chi connectivity index (χ1n) is 6.06. The lowest BCUT2D eigenvalue weighted by Gasteiger charge is -2.00. The molecule has 0 aliphatic carbocycles. The first-order chi connectivity index (χ1) is 9.95. The zero-order valence-corrected chi connectivity index (χ0v) is 11.7. The predicted molar refractivity (Wildman–Crippen MR) is 80.3 cm³/mol. The van der Waals surface area contributed by atoms with Crippen LogP contribution in [-0.2, 0) is 0 Å². The lowest BCUT2D eigenvalue weighted by molar-refractivity contribution is -0.384. The van der Waals surface area contributed by atoms with Crippen molar-refractivity contribution in [2.45, 2.75) is 6.92 Å². The van der Waals surface area contributed by atoms with Crippen molar-refractivity contribution in [2.24, 2.45) is 0 Å². The molecule has 0 spiro atoms. The number of aromatic nitrogens is 1. The predicted octanol–water partition coefficient (Wildman–Crippen LogP) is 3.95. The summed E-state index contributed by atoms with van der Waals surface area (Å²) < 4.78 is 5.68. The Morgan fingerprint density at radius 2 is 2.10 bits per heavy atom. The molecule has 3 rings (SSSR count). The molecule has 1 heterocycles. The van der Waals surface area contributed by atoms with Gasteiger partial charge < -0.3 is 10.2 Å². The molecular formula is C14H10ClN3O3. The summed E-state index contributed by atoms with van der Waals surface area (Å²) >= 11 is 5.98. The molecular weight excluding hydrogens is 294 g/mol. The number of nitro benzene ring substituents is 1. The first kappa shape index (κ1) is 13.4. The van der Waals surface area contributed by atoms with Crippen LogP contribution in [0.5, 0.6) is 0 Å². The number of aryl methyl sites for hydroxylation is 1. The van der Waals surface area contributed by atoms with E-state index in [-0.39, 0.29) is 11.6 Å². The number of oxazole rings is 1. The van der Waals surface area contributed by atoms with Crippen LogP contribution in [0, 0.1) is 17.0 Å². The van der Waals surface area contributed by atoms with Gasteiger partial charge in [0.05, 0.1) is 10.5 Å². The van der Waals surface area contributed by atoms with Gasteiger partial charge in [0.15, 0.2) is 5.58 Å². The van der Waals surface area contributed by atoms with Crippen molar-refractivity contribution in [3.8, 4) is 11.5 Å². The van der Waals surface area contributed by atoms with Crippen LogP contribution in [0.2, 0.25) is 5.02 Å². The van der Waals surface area contributed by atoms with Crippen molar-refractivity contribution in [3.63, 3.8) is 0 Å². The van der Waals surface area contributed by atoms with Gasteiger partial charge in [0.25, 0.3) is 5.69 Å². The Morgan fingerprint density at radius 1 is 1.33 bits per heavy atom. The maximum atomic E-state index is 10.9. The molecule has 2 aromatic carbocycles. The lowest BCUT2D eigenvalue weighted by Crippen LogP contribution is -1.93. The molecule has 6 nitrogen and oxygen atoms in total. The Balaban J connectivity index is 2.23. The zero-order chi connectivity index (χ0) is 15.1. The van der Waals surface area contributed by atoms with Gasteiger partial charge in [-0.25, -0.2) is 4.98 Å². The van der Waals surface area contributed by atoms with Gasteiger partial charge in [0, 0.05) is 22.8 Å². The fraction of sp³-hybridized carbons (Fsp3) is 0.0714. The number of benzene rings is 2. The number of nitrogens with two attached hydrogens (primary N) is 1. The maximum absolute atomic E-state index is 10.9. The smallest absolute Gasteiger partial charge is 0.270 e. The van der Waals surface area contributed by atoms with Crippen LogP contribution in [0.25, 0.3) is 22.6 Å². The monoisotopic (exact) mass is 303 g/mol. The number of rotatable bonds is 2. The van der Waals surface area contributed by atoms with Crippen molar-refractivity contribution in [3.05, 3.63) is 51.0 Å². The molecule has 0 radical (unpaired) electrons. The number of hydrogen-bond donors (Lipinski definition) is 1. The molecule has 3 aromatic rings. The van der Waals surface area contributed by atoms with Crippen LogP contribution < -0.4 is 5.73 Å². The van der Waals surface area contributed by atoms with Gasteiger partial charge in [-0.2, -0.15) is 0 Å². The molecule has 0 amide bonds. The van der Waals surface area contributed by atoms with E-state index >= 15 is 0 Å². The highest BCUT2D eigenvalue weighted by molar-refractivity contribution is 6.31. The zero-order valence-electron chi connectivity index (χ0n) is 11.0. The SMILES string of the molecule is Cc1cc(Cl)cc2nc(-c3cc([N+](=O)[O-])ccc3N)oc12. The molecule has 0 atom stereocenters. The van der Waals surface area contributed by atoms with Gasteiger partial charge in [-0.05, 0) is 30.7 Å². The van der Waals surface area contributed by atoms with Gasteiger partial charge >= 0.3 is 0 Å². The highest BCUT2D eigenvalue weighted by Gasteiger charge is 2.16. The minimum atomic E-state index is -0.492. The molecule has 21 heavy (non-hydrogen) atoms. The van der Waals surface area contributed by atoms with Gasteiger partial charge in [-0.15, -0.1) is 0 Å². The van der Waals surface area contributed by atoms with Crippen molar-refractivity contribution in [1.29, 1.82) is 0 Å². The summed E-state index contributed by atoms with van der Waals surface area (Å²) in [5.41, 5.74) is 8.53. The number of fused-ring (bicyclic) bond motifs is 1. The molecule has 0 saturated heterocycles. The van der Waals surface area contributed by atoms with Crippen LogP contribution in [0.15, 0.2) is 34.7 Å². The minimum Gasteiger partial charge on any atom is -0.436 e. The second-order valence-corrected chi connectivity index (χ2v) is 5.06. The lowest BCUT2D eigenvalue weighted by atomic mass is 10.1. The number of non-ortho nitro benzene ring substituents is 1. The van der Waals surface area contributed by atoms with Gasteiger partial charge in [-0.1, -0.05) is 11.6 Å². The summed E-state index contributed by atoms with van der Waals surface area (Å²) in [5.74, 6) is 0.233. The van der Waals surface area contributed by atoms with E-state index in [1.807, 2.05) is 6.92 Å². The largest absolute Gasteiger partial charge is 0.436 e. The highest BCUT2D eigenvalue weighted by atomic mass is 35.5. The molecule has 7 heteroatoms. The topological polar surface area (TPSA) is 95.2 Å². The number of hydrogen-bond acceptors (Lipinski definition) is 5. The van der Waals surface area contributed by atoms with E-state index in [2.05, 4.69) is 4.98 Å². The second kappa shape index (κ2) is 4.75. The average Bonchev–Trinajstić information content (AvgIpc) is 2.82. The summed E-state index contributed by atoms with van der Waals surface area (Å²) in [4.78, 5) is 14.7. The summed E-state index contributed by atoms with van der Waals surface area (Å²) in [5, 5.41) is 11.4. The molecule has 106 valence electrons. The first-order valence-corrected chi connectivity index (χ1v) is 6.44. The molecule has 0 aliphatic heterocycles. The summed E-state index contributed by atoms with van der Waals surface area (Å²) in [7, 11) is 0. The van der Waals surface area contributed by atoms with Gasteiger partial charge in [0.1, 0.15) is 5.52 Å². The molecule has 0 bridgehead atoms. The van der Waals surface area contributed by atoms with E-state index in [0.29, 0.717) is 27.4 Å². The van der Waals surface area contributed by atoms with Crippen LogP contribution in [0.1, 0.15) is 5.56 Å². The minimum absolute atomic E-state index is 0.0730. The van der Waals surface area contributed by atoms with Crippen molar-refractivity contribution < 1.29 is 9.34 Å². The number of halogens is 1. The Bertz CT molecular complexity index is 873. The number of nitro groups is 1. The third kappa shape index (κ3) is 2.30. The van der Waals surface area contributed by atoms with E-state index in [4.69, 9.17) is 21.8 Å². The average molecular weight is 304 g/mol. The van der Waals surface area contributed by atoms with Crippen LogP contribution in [0.3, 0.4) is 0 Å². The van der Waals surface area contributed by atoms with Gasteiger partial charge in [-0.3, -0.25) is 10.1 Å². The fourth-order valence-corrected chi connectivity index (χ4v) is 2.38. The normalized spacial score (nSPS) is 11.0. The van der Waals surface area contributed by atoms with E-state index in [0.717, 1.165) is 5.56 Å². The number of nitrogens with zero attached hydrogens (tertiary/aromatic N) is 2. The molecule has 0 saturated carbocycles. The van der Waals surface area contributed by atoms with Crippen LogP contribution in [0.4, 0.5) is 11.4 Å². The Labute approximate surface area is 124 Å². The Hall–Kier alpha value is -2.60. The molecule has 0 fully saturated rings. The Morgan fingerprint density at radius 3 is 2.81 bits per heavy atom. The molecule has 0 unspecified atom stereocenters. The summed E-state index contributed by atoms with van der Waals surface area (Å²) in [6.45, 7) is 1.85.